The van der Waals surface area contributed by atoms with Gasteiger partial charge in [-0.05, 0) is 30.2 Å². The standard InChI is InChI=1S/C16H21ClN4O2S/c1-24(22,23)19-8-6-16-12-20(11-15-5-7-18-21(15)16)10-13-3-2-4-14(17)9-13/h2-5,7,9,16,19H,6,8,10-12H2,1H3/t16-/m0/s1. The lowest BCUT2D eigenvalue weighted by molar-refractivity contribution is 0.162. The van der Waals surface area contributed by atoms with Gasteiger partial charge in [-0.1, -0.05) is 23.7 Å². The third-order valence-corrected chi connectivity index (χ3v) is 5.05. The second-order valence-electron chi connectivity index (χ2n) is 6.18. The molecule has 1 N–H and O–H groups in total. The zero-order chi connectivity index (χ0) is 17.2. The minimum Gasteiger partial charge on any atom is -0.291 e. The van der Waals surface area contributed by atoms with Crippen molar-refractivity contribution in [3.05, 3.63) is 52.8 Å². The first-order valence-corrected chi connectivity index (χ1v) is 10.1. The molecule has 1 aromatic heterocycles. The smallest absolute Gasteiger partial charge is 0.208 e. The van der Waals surface area contributed by atoms with Crippen molar-refractivity contribution in [1.29, 1.82) is 0 Å². The van der Waals surface area contributed by atoms with Crippen molar-refractivity contribution < 1.29 is 8.42 Å². The third-order valence-electron chi connectivity index (χ3n) is 4.09. The molecule has 0 amide bonds. The quantitative estimate of drug-likeness (QED) is 0.847. The molecule has 0 unspecified atom stereocenters. The molecular weight excluding hydrogens is 348 g/mol. The molecule has 0 bridgehead atoms. The molecule has 8 heteroatoms. The van der Waals surface area contributed by atoms with Crippen LogP contribution in [-0.4, -0.2) is 42.4 Å². The van der Waals surface area contributed by atoms with Crippen LogP contribution in [0.5, 0.6) is 0 Å². The average Bonchev–Trinajstić information content (AvgIpc) is 2.94. The Balaban J connectivity index is 1.68. The molecule has 0 saturated carbocycles. The Morgan fingerprint density at radius 3 is 2.96 bits per heavy atom. The van der Waals surface area contributed by atoms with Crippen molar-refractivity contribution in [1.82, 2.24) is 19.4 Å². The number of nitrogens with one attached hydrogen (secondary N) is 1. The lowest BCUT2D eigenvalue weighted by Crippen LogP contribution is -2.38. The molecule has 3 rings (SSSR count). The molecule has 6 nitrogen and oxygen atoms in total. The average molecular weight is 369 g/mol. The third kappa shape index (κ3) is 4.57. The topological polar surface area (TPSA) is 67.2 Å². The van der Waals surface area contributed by atoms with Gasteiger partial charge in [-0.3, -0.25) is 9.58 Å². The van der Waals surface area contributed by atoms with Gasteiger partial charge in [0.2, 0.25) is 10.0 Å². The Labute approximate surface area is 147 Å². The number of hydrogen-bond donors (Lipinski definition) is 1. The zero-order valence-electron chi connectivity index (χ0n) is 13.5. The van der Waals surface area contributed by atoms with Crippen LogP contribution in [-0.2, 0) is 23.1 Å². The molecule has 24 heavy (non-hydrogen) atoms. The Morgan fingerprint density at radius 2 is 2.21 bits per heavy atom. The SMILES string of the molecule is CS(=O)(=O)NCC[C@H]1CN(Cc2cccc(Cl)c2)Cc2ccnn21. The summed E-state index contributed by atoms with van der Waals surface area (Å²) in [7, 11) is -3.16. The molecule has 2 heterocycles. The highest BCUT2D eigenvalue weighted by molar-refractivity contribution is 7.88. The summed E-state index contributed by atoms with van der Waals surface area (Å²) in [5.74, 6) is 0. The predicted molar refractivity (Wildman–Crippen MR) is 94.3 cm³/mol. The second kappa shape index (κ2) is 7.23. The number of nitrogens with zero attached hydrogens (tertiary/aromatic N) is 3. The fourth-order valence-corrected chi connectivity index (χ4v) is 3.80. The van der Waals surface area contributed by atoms with Crippen LogP contribution in [0.2, 0.25) is 5.02 Å². The van der Waals surface area contributed by atoms with Crippen LogP contribution < -0.4 is 4.72 Å². The van der Waals surface area contributed by atoms with Gasteiger partial charge in [0.25, 0.3) is 0 Å². The highest BCUT2D eigenvalue weighted by Gasteiger charge is 2.25. The lowest BCUT2D eigenvalue weighted by Gasteiger charge is -2.34. The molecule has 130 valence electrons. The Bertz CT molecular complexity index is 806. The fraction of sp³-hybridized carbons (Fsp3) is 0.438. The number of fused-ring (bicyclic) bond motifs is 1. The first-order chi connectivity index (χ1) is 11.4. The van der Waals surface area contributed by atoms with E-state index in [4.69, 9.17) is 11.6 Å². The first kappa shape index (κ1) is 17.4. The minimum absolute atomic E-state index is 0.150. The van der Waals surface area contributed by atoms with Crippen molar-refractivity contribution in [3.63, 3.8) is 0 Å². The molecule has 0 fully saturated rings. The summed E-state index contributed by atoms with van der Waals surface area (Å²) in [5, 5.41) is 5.14. The Morgan fingerprint density at radius 1 is 1.38 bits per heavy atom. The van der Waals surface area contributed by atoms with E-state index in [-0.39, 0.29) is 6.04 Å². The van der Waals surface area contributed by atoms with Gasteiger partial charge >= 0.3 is 0 Å². The number of benzene rings is 1. The van der Waals surface area contributed by atoms with Gasteiger partial charge in [0.15, 0.2) is 0 Å². The molecule has 0 aliphatic carbocycles. The number of halogens is 1. The molecule has 0 radical (unpaired) electrons. The van der Waals surface area contributed by atoms with Gasteiger partial charge in [-0.25, -0.2) is 13.1 Å². The monoisotopic (exact) mass is 368 g/mol. The van der Waals surface area contributed by atoms with E-state index in [9.17, 15) is 8.42 Å². The van der Waals surface area contributed by atoms with Crippen LogP contribution in [0.15, 0.2) is 36.5 Å². The lowest BCUT2D eigenvalue weighted by atomic mass is 10.1. The van der Waals surface area contributed by atoms with Crippen LogP contribution >= 0.6 is 11.6 Å². The van der Waals surface area contributed by atoms with Crippen LogP contribution in [0.3, 0.4) is 0 Å². The molecular formula is C16H21ClN4O2S. The summed E-state index contributed by atoms with van der Waals surface area (Å²) in [6, 6.07) is 10.0. The maximum absolute atomic E-state index is 11.2. The summed E-state index contributed by atoms with van der Waals surface area (Å²) in [4.78, 5) is 2.34. The zero-order valence-corrected chi connectivity index (χ0v) is 15.1. The van der Waals surface area contributed by atoms with E-state index in [1.165, 1.54) is 11.8 Å². The first-order valence-electron chi connectivity index (χ1n) is 7.84. The molecule has 1 aromatic carbocycles. The second-order valence-corrected chi connectivity index (χ2v) is 8.45. The maximum atomic E-state index is 11.2. The largest absolute Gasteiger partial charge is 0.291 e. The van der Waals surface area contributed by atoms with Gasteiger partial charge in [0.05, 0.1) is 18.0 Å². The van der Waals surface area contributed by atoms with Gasteiger partial charge in [-0.2, -0.15) is 5.10 Å². The van der Waals surface area contributed by atoms with Crippen molar-refractivity contribution in [3.8, 4) is 0 Å². The highest BCUT2D eigenvalue weighted by Crippen LogP contribution is 2.24. The van der Waals surface area contributed by atoms with Crippen LogP contribution in [0.25, 0.3) is 0 Å². The number of aromatic nitrogens is 2. The van der Waals surface area contributed by atoms with E-state index in [0.717, 1.165) is 30.4 Å². The minimum atomic E-state index is -3.16. The van der Waals surface area contributed by atoms with Crippen LogP contribution in [0.4, 0.5) is 0 Å². The van der Waals surface area contributed by atoms with E-state index in [2.05, 4.69) is 20.8 Å². The highest BCUT2D eigenvalue weighted by atomic mass is 35.5. The molecule has 1 aliphatic heterocycles. The summed E-state index contributed by atoms with van der Waals surface area (Å²) >= 11 is 6.07. The fourth-order valence-electron chi connectivity index (χ4n) is 3.10. The van der Waals surface area contributed by atoms with Crippen molar-refractivity contribution in [2.45, 2.75) is 25.6 Å². The van der Waals surface area contributed by atoms with Gasteiger partial charge in [0.1, 0.15) is 0 Å². The van der Waals surface area contributed by atoms with Gasteiger partial charge in [0, 0.05) is 37.4 Å². The van der Waals surface area contributed by atoms with Gasteiger partial charge in [-0.15, -0.1) is 0 Å². The van der Waals surface area contributed by atoms with Crippen molar-refractivity contribution in [2.24, 2.45) is 0 Å². The molecule has 2 aromatic rings. The molecule has 0 saturated heterocycles. The summed E-state index contributed by atoms with van der Waals surface area (Å²) in [6.07, 6.45) is 3.68. The summed E-state index contributed by atoms with van der Waals surface area (Å²) in [5.41, 5.74) is 2.32. The van der Waals surface area contributed by atoms with E-state index in [1.54, 1.807) is 6.20 Å². The van der Waals surface area contributed by atoms with E-state index >= 15 is 0 Å². The number of hydrogen-bond acceptors (Lipinski definition) is 4. The van der Waals surface area contributed by atoms with E-state index in [1.807, 2.05) is 28.9 Å². The normalized spacial score (nSPS) is 18.5. The molecule has 0 spiro atoms. The van der Waals surface area contributed by atoms with E-state index in [0.29, 0.717) is 13.0 Å². The Kier molecular flexibility index (Phi) is 5.24. The maximum Gasteiger partial charge on any atom is 0.208 e. The Hall–Kier alpha value is -1.41. The summed E-state index contributed by atoms with van der Waals surface area (Å²) in [6.45, 7) is 2.87. The number of rotatable bonds is 6. The van der Waals surface area contributed by atoms with Crippen LogP contribution in [0.1, 0.15) is 23.7 Å². The van der Waals surface area contributed by atoms with E-state index < -0.39 is 10.0 Å². The van der Waals surface area contributed by atoms with Crippen molar-refractivity contribution >= 4 is 21.6 Å². The van der Waals surface area contributed by atoms with Crippen LogP contribution in [0, 0.1) is 0 Å². The predicted octanol–water partition coefficient (Wildman–Crippen LogP) is 2.03. The molecule has 1 atom stereocenters. The number of sulfonamides is 1. The van der Waals surface area contributed by atoms with Gasteiger partial charge < -0.3 is 0 Å². The van der Waals surface area contributed by atoms with Crippen molar-refractivity contribution in [2.75, 3.05) is 19.3 Å². The molecule has 1 aliphatic rings. The summed E-state index contributed by atoms with van der Waals surface area (Å²) < 4.78 is 27.1.